The summed E-state index contributed by atoms with van der Waals surface area (Å²) < 4.78 is 5.02. The van der Waals surface area contributed by atoms with Gasteiger partial charge in [-0.05, 0) is 68.6 Å². The number of hydrogen-bond donors (Lipinski definition) is 2. The zero-order valence-electron chi connectivity index (χ0n) is 16.4. The van der Waals surface area contributed by atoms with Crippen LogP contribution >= 0.6 is 23.8 Å². The van der Waals surface area contributed by atoms with E-state index >= 15 is 0 Å². The van der Waals surface area contributed by atoms with Crippen LogP contribution in [-0.2, 0) is 4.74 Å². The first-order valence-corrected chi connectivity index (χ1v) is 10.4. The van der Waals surface area contributed by atoms with Crippen molar-refractivity contribution in [1.82, 2.24) is 10.2 Å². The molecule has 27 heavy (non-hydrogen) atoms. The molecule has 0 saturated carbocycles. The van der Waals surface area contributed by atoms with Crippen molar-refractivity contribution >= 4 is 40.6 Å². The fraction of sp³-hybridized carbons (Fsp3) is 0.600. The number of piperidine rings is 1. The van der Waals surface area contributed by atoms with E-state index in [1.807, 2.05) is 0 Å². The molecule has 0 spiro atoms. The molecule has 0 radical (unpaired) electrons. The monoisotopic (exact) mass is 411 g/mol. The molecule has 1 aliphatic rings. The molecule has 1 saturated heterocycles. The normalized spacial score (nSPS) is 20.1. The van der Waals surface area contributed by atoms with Gasteiger partial charge in [-0.15, -0.1) is 0 Å². The lowest BCUT2D eigenvalue weighted by atomic mass is 9.92. The molecule has 7 heteroatoms. The number of thiocarbonyl (C=S) groups is 1. The summed E-state index contributed by atoms with van der Waals surface area (Å²) in [5.74, 6) is 1.13. The molecule has 0 aliphatic carbocycles. The standard InChI is InChI=1S/C20H30ClN3O2S/c1-4-26-19(25)17-11-16(6-7-18(17)21)23-20(27)22-8-5-9-24-12-14(2)10-15(3)13-24/h6-7,11,14-15H,4-5,8-10,12-13H2,1-3H3,(H2,22,23,27)/t14-,15-/m0/s1. The van der Waals surface area contributed by atoms with E-state index in [1.54, 1.807) is 25.1 Å². The van der Waals surface area contributed by atoms with E-state index in [4.69, 9.17) is 28.6 Å². The number of carbonyl (C=O) groups excluding carboxylic acids is 1. The van der Waals surface area contributed by atoms with Crippen LogP contribution < -0.4 is 10.6 Å². The number of benzene rings is 1. The highest BCUT2D eigenvalue weighted by Crippen LogP contribution is 2.22. The van der Waals surface area contributed by atoms with Crippen LogP contribution in [0.4, 0.5) is 5.69 Å². The molecule has 1 aromatic carbocycles. The molecule has 1 fully saturated rings. The van der Waals surface area contributed by atoms with Gasteiger partial charge in [0.15, 0.2) is 5.11 Å². The van der Waals surface area contributed by atoms with E-state index in [-0.39, 0.29) is 0 Å². The Hall–Kier alpha value is -1.37. The Labute approximate surface area is 172 Å². The van der Waals surface area contributed by atoms with Crippen LogP contribution in [0.2, 0.25) is 5.02 Å². The van der Waals surface area contributed by atoms with Crippen LogP contribution in [0.15, 0.2) is 18.2 Å². The first kappa shape index (κ1) is 21.9. The van der Waals surface area contributed by atoms with Crippen LogP contribution in [0.3, 0.4) is 0 Å². The fourth-order valence-electron chi connectivity index (χ4n) is 3.62. The van der Waals surface area contributed by atoms with Crippen LogP contribution in [0, 0.1) is 11.8 Å². The van der Waals surface area contributed by atoms with Crippen molar-refractivity contribution in [3.8, 4) is 0 Å². The van der Waals surface area contributed by atoms with Gasteiger partial charge >= 0.3 is 5.97 Å². The highest BCUT2D eigenvalue weighted by atomic mass is 35.5. The maximum absolute atomic E-state index is 11.9. The minimum absolute atomic E-state index is 0.307. The highest BCUT2D eigenvalue weighted by molar-refractivity contribution is 7.80. The topological polar surface area (TPSA) is 53.6 Å². The van der Waals surface area contributed by atoms with Gasteiger partial charge in [0.1, 0.15) is 0 Å². The molecule has 5 nitrogen and oxygen atoms in total. The number of hydrogen-bond acceptors (Lipinski definition) is 4. The molecule has 1 aliphatic heterocycles. The summed E-state index contributed by atoms with van der Waals surface area (Å²) in [7, 11) is 0. The SMILES string of the molecule is CCOC(=O)c1cc(NC(=S)NCCCN2C[C@@H](C)C[C@H](C)C2)ccc1Cl. The summed E-state index contributed by atoms with van der Waals surface area (Å²) in [4.78, 5) is 14.5. The Morgan fingerprint density at radius 1 is 1.33 bits per heavy atom. The predicted molar refractivity (Wildman–Crippen MR) is 116 cm³/mol. The Morgan fingerprint density at radius 2 is 2.04 bits per heavy atom. The molecular formula is C20H30ClN3O2S. The average Bonchev–Trinajstić information content (AvgIpc) is 2.60. The minimum atomic E-state index is -0.435. The maximum Gasteiger partial charge on any atom is 0.339 e. The molecule has 1 aromatic rings. The lowest BCUT2D eigenvalue weighted by molar-refractivity contribution is 0.0526. The van der Waals surface area contributed by atoms with Crippen molar-refractivity contribution in [2.45, 2.75) is 33.6 Å². The zero-order valence-corrected chi connectivity index (χ0v) is 18.0. The van der Waals surface area contributed by atoms with E-state index in [1.165, 1.54) is 19.5 Å². The summed E-state index contributed by atoms with van der Waals surface area (Å²) in [5.41, 5.74) is 1.04. The van der Waals surface area contributed by atoms with Crippen molar-refractivity contribution in [3.05, 3.63) is 28.8 Å². The van der Waals surface area contributed by atoms with E-state index in [0.717, 1.165) is 31.3 Å². The van der Waals surface area contributed by atoms with Gasteiger partial charge in [-0.3, -0.25) is 0 Å². The molecular weight excluding hydrogens is 382 g/mol. The Bertz CT molecular complexity index is 646. The van der Waals surface area contributed by atoms with Crippen LogP contribution in [0.5, 0.6) is 0 Å². The van der Waals surface area contributed by atoms with Gasteiger partial charge in [-0.1, -0.05) is 25.4 Å². The van der Waals surface area contributed by atoms with Crippen LogP contribution in [-0.4, -0.2) is 48.8 Å². The van der Waals surface area contributed by atoms with Crippen LogP contribution in [0.1, 0.15) is 44.0 Å². The maximum atomic E-state index is 11.9. The van der Waals surface area contributed by atoms with Gasteiger partial charge < -0.3 is 20.3 Å². The Balaban J connectivity index is 1.75. The second-order valence-electron chi connectivity index (χ2n) is 7.36. The molecule has 150 valence electrons. The van der Waals surface area contributed by atoms with E-state index in [9.17, 15) is 4.79 Å². The number of carbonyl (C=O) groups is 1. The lowest BCUT2D eigenvalue weighted by Crippen LogP contribution is -2.40. The molecule has 1 heterocycles. The van der Waals surface area contributed by atoms with Crippen molar-refractivity contribution in [3.63, 3.8) is 0 Å². The third kappa shape index (κ3) is 7.28. The lowest BCUT2D eigenvalue weighted by Gasteiger charge is -2.35. The first-order valence-electron chi connectivity index (χ1n) is 9.63. The third-order valence-corrected chi connectivity index (χ3v) is 5.18. The van der Waals surface area contributed by atoms with E-state index in [2.05, 4.69) is 29.4 Å². The van der Waals surface area contributed by atoms with Gasteiger partial charge in [0.2, 0.25) is 0 Å². The summed E-state index contributed by atoms with van der Waals surface area (Å²) in [6.07, 6.45) is 2.37. The average molecular weight is 412 g/mol. The van der Waals surface area contributed by atoms with Gasteiger partial charge in [-0.25, -0.2) is 4.79 Å². The molecule has 2 N–H and O–H groups in total. The van der Waals surface area contributed by atoms with Gasteiger partial charge in [0.05, 0.1) is 17.2 Å². The fourth-order valence-corrected chi connectivity index (χ4v) is 4.04. The van der Waals surface area contributed by atoms with Crippen molar-refractivity contribution in [2.75, 3.05) is 38.1 Å². The van der Waals surface area contributed by atoms with Crippen LogP contribution in [0.25, 0.3) is 0 Å². The highest BCUT2D eigenvalue weighted by Gasteiger charge is 2.21. The molecule has 0 bridgehead atoms. The third-order valence-electron chi connectivity index (χ3n) is 4.60. The molecule has 2 atom stereocenters. The predicted octanol–water partition coefficient (Wildman–Crippen LogP) is 4.17. The second kappa shape index (κ2) is 10.8. The molecule has 0 unspecified atom stereocenters. The smallest absolute Gasteiger partial charge is 0.339 e. The van der Waals surface area contributed by atoms with Gasteiger partial charge in [-0.2, -0.15) is 0 Å². The molecule has 0 aromatic heterocycles. The van der Waals surface area contributed by atoms with Crippen molar-refractivity contribution < 1.29 is 9.53 Å². The summed E-state index contributed by atoms with van der Waals surface area (Å²) >= 11 is 11.4. The van der Waals surface area contributed by atoms with E-state index < -0.39 is 5.97 Å². The Morgan fingerprint density at radius 3 is 2.70 bits per heavy atom. The molecule has 0 amide bonds. The zero-order chi connectivity index (χ0) is 19.8. The number of halogens is 1. The number of rotatable bonds is 7. The Kier molecular flexibility index (Phi) is 8.80. The summed E-state index contributed by atoms with van der Waals surface area (Å²) in [6, 6.07) is 5.11. The number of likely N-dealkylation sites (tertiary alicyclic amines) is 1. The number of anilines is 1. The summed E-state index contributed by atoms with van der Waals surface area (Å²) in [5, 5.41) is 7.22. The first-order chi connectivity index (χ1) is 12.9. The number of ether oxygens (including phenoxy) is 1. The number of esters is 1. The van der Waals surface area contributed by atoms with E-state index in [0.29, 0.717) is 28.0 Å². The van der Waals surface area contributed by atoms with Crippen molar-refractivity contribution in [1.29, 1.82) is 0 Å². The second-order valence-corrected chi connectivity index (χ2v) is 8.17. The van der Waals surface area contributed by atoms with Gasteiger partial charge in [0.25, 0.3) is 0 Å². The van der Waals surface area contributed by atoms with Gasteiger partial charge in [0, 0.05) is 25.3 Å². The number of nitrogens with zero attached hydrogens (tertiary/aromatic N) is 1. The quantitative estimate of drug-likeness (QED) is 0.399. The largest absolute Gasteiger partial charge is 0.462 e. The summed E-state index contributed by atoms with van der Waals surface area (Å²) in [6.45, 7) is 11.0. The minimum Gasteiger partial charge on any atom is -0.462 e. The van der Waals surface area contributed by atoms with Crippen molar-refractivity contribution in [2.24, 2.45) is 11.8 Å². The molecule has 2 rings (SSSR count). The number of nitrogens with one attached hydrogen (secondary N) is 2.